The van der Waals surface area contributed by atoms with Gasteiger partial charge in [-0.3, -0.25) is 4.90 Å². The molecule has 5 atom stereocenters. The van der Waals surface area contributed by atoms with E-state index in [1.54, 1.807) is 27.7 Å². The van der Waals surface area contributed by atoms with Gasteiger partial charge in [-0.15, -0.1) is 0 Å². The van der Waals surface area contributed by atoms with E-state index in [2.05, 4.69) is 0 Å². The van der Waals surface area contributed by atoms with Gasteiger partial charge in [0.05, 0.1) is 18.8 Å². The van der Waals surface area contributed by atoms with Gasteiger partial charge in [-0.05, 0) is 48.0 Å². The van der Waals surface area contributed by atoms with Crippen LogP contribution >= 0.6 is 0 Å². The molecule has 3 rings (SSSR count). The van der Waals surface area contributed by atoms with E-state index in [1.807, 2.05) is 13.8 Å². The summed E-state index contributed by atoms with van der Waals surface area (Å²) in [6.45, 7) is 11.1. The first kappa shape index (κ1) is 17.5. The van der Waals surface area contributed by atoms with Gasteiger partial charge in [0, 0.05) is 5.92 Å². The van der Waals surface area contributed by atoms with Crippen LogP contribution in [-0.2, 0) is 23.7 Å². The van der Waals surface area contributed by atoms with Gasteiger partial charge in [0.2, 0.25) is 0 Å². The van der Waals surface area contributed by atoms with Gasteiger partial charge >= 0.3 is 12.1 Å². The maximum absolute atomic E-state index is 12.7. The summed E-state index contributed by atoms with van der Waals surface area (Å²) >= 11 is 0. The molecule has 0 aromatic rings. The molecule has 136 valence electrons. The number of rotatable bonds is 2. The van der Waals surface area contributed by atoms with E-state index in [0.29, 0.717) is 6.42 Å². The summed E-state index contributed by atoms with van der Waals surface area (Å²) in [5.41, 5.74) is -0.635. The number of nitrogens with zero attached hydrogens (tertiary/aromatic N) is 1. The zero-order valence-corrected chi connectivity index (χ0v) is 15.2. The Bertz CT molecular complexity index is 540. The van der Waals surface area contributed by atoms with E-state index in [1.165, 1.54) is 4.90 Å². The van der Waals surface area contributed by atoms with Crippen molar-refractivity contribution in [1.82, 2.24) is 4.90 Å². The van der Waals surface area contributed by atoms with Gasteiger partial charge in [0.15, 0.2) is 5.79 Å². The van der Waals surface area contributed by atoms with Gasteiger partial charge in [0.25, 0.3) is 0 Å². The van der Waals surface area contributed by atoms with Crippen LogP contribution in [0.3, 0.4) is 0 Å². The number of carbonyl (C=O) groups is 2. The van der Waals surface area contributed by atoms with E-state index in [9.17, 15) is 9.59 Å². The summed E-state index contributed by atoms with van der Waals surface area (Å²) in [4.78, 5) is 26.7. The first-order valence-corrected chi connectivity index (χ1v) is 8.57. The number of esters is 1. The lowest BCUT2D eigenvalue weighted by Crippen LogP contribution is -2.58. The second-order valence-electron chi connectivity index (χ2n) is 8.12. The molecule has 3 unspecified atom stereocenters. The number of hydrogen-bond acceptors (Lipinski definition) is 6. The predicted octanol–water partition coefficient (Wildman–Crippen LogP) is 2.08. The molecule has 0 spiro atoms. The lowest BCUT2D eigenvalue weighted by Gasteiger charge is -2.38. The zero-order valence-electron chi connectivity index (χ0n) is 15.2. The minimum atomic E-state index is -0.713. The summed E-state index contributed by atoms with van der Waals surface area (Å²) in [7, 11) is 0. The van der Waals surface area contributed by atoms with E-state index < -0.39 is 29.5 Å². The Balaban J connectivity index is 1.88. The topological polar surface area (TPSA) is 74.3 Å². The lowest BCUT2D eigenvalue weighted by molar-refractivity contribution is -0.158. The second-order valence-corrected chi connectivity index (χ2v) is 8.12. The quantitative estimate of drug-likeness (QED) is 0.716. The zero-order chi connectivity index (χ0) is 17.9. The summed E-state index contributed by atoms with van der Waals surface area (Å²) in [5, 5.41) is 0. The fourth-order valence-electron chi connectivity index (χ4n) is 4.07. The van der Waals surface area contributed by atoms with E-state index in [-0.39, 0.29) is 30.8 Å². The van der Waals surface area contributed by atoms with Gasteiger partial charge in [-0.25, -0.2) is 9.59 Å². The maximum Gasteiger partial charge on any atom is 0.411 e. The molecule has 1 aliphatic carbocycles. The Kier molecular flexibility index (Phi) is 4.07. The standard InChI is InChI=1S/C17H27NO6/c1-7-21-14(19)11-9-8-10(13-12(9)22-17(5,6)23-13)18(11)15(20)24-16(2,3)4/h9-13H,7-8H2,1-6H3/t9?,10?,11-,12+,13?/m0/s1. The largest absolute Gasteiger partial charge is 0.464 e. The summed E-state index contributed by atoms with van der Waals surface area (Å²) in [6, 6.07) is -0.908. The van der Waals surface area contributed by atoms with Gasteiger partial charge in [0.1, 0.15) is 17.7 Å². The molecular formula is C17H27NO6. The Labute approximate surface area is 142 Å². The molecule has 7 nitrogen and oxygen atoms in total. The molecule has 2 saturated heterocycles. The highest BCUT2D eigenvalue weighted by atomic mass is 16.8. The van der Waals surface area contributed by atoms with Crippen LogP contribution in [0.2, 0.25) is 0 Å². The van der Waals surface area contributed by atoms with Crippen LogP contribution in [0.5, 0.6) is 0 Å². The summed E-state index contributed by atoms with van der Waals surface area (Å²) in [5.74, 6) is -1.24. The molecule has 3 aliphatic rings. The average Bonchev–Trinajstić information content (AvgIpc) is 3.02. The van der Waals surface area contributed by atoms with Crippen molar-refractivity contribution in [2.45, 2.75) is 83.6 Å². The lowest BCUT2D eigenvalue weighted by atomic mass is 9.95. The monoisotopic (exact) mass is 341 g/mol. The highest BCUT2D eigenvalue weighted by Crippen LogP contribution is 2.51. The number of piperidine rings is 1. The van der Waals surface area contributed by atoms with Gasteiger partial charge in [-0.2, -0.15) is 0 Å². The number of ether oxygens (including phenoxy) is 4. The highest BCUT2D eigenvalue weighted by Gasteiger charge is 2.67. The SMILES string of the molecule is CCOC(=O)[C@@H]1C2CC(C3OC(C)(C)O[C@@H]32)N1C(=O)OC(C)(C)C. The molecule has 3 fully saturated rings. The van der Waals surface area contributed by atoms with Crippen LogP contribution in [0.1, 0.15) is 48.0 Å². The molecule has 2 heterocycles. The van der Waals surface area contributed by atoms with Crippen molar-refractivity contribution < 1.29 is 28.5 Å². The van der Waals surface area contributed by atoms with Crippen molar-refractivity contribution in [3.8, 4) is 0 Å². The first-order chi connectivity index (χ1) is 11.0. The normalized spacial score (nSPS) is 36.6. The minimum absolute atomic E-state index is 0.131. The van der Waals surface area contributed by atoms with Gasteiger partial charge in [-0.1, -0.05) is 0 Å². The Morgan fingerprint density at radius 2 is 1.83 bits per heavy atom. The minimum Gasteiger partial charge on any atom is -0.464 e. The average molecular weight is 341 g/mol. The third kappa shape index (κ3) is 2.88. The van der Waals surface area contributed by atoms with Crippen LogP contribution in [0.4, 0.5) is 4.79 Å². The Hall–Kier alpha value is -1.34. The number of amides is 1. The third-order valence-corrected chi connectivity index (χ3v) is 4.67. The molecule has 1 saturated carbocycles. The fraction of sp³-hybridized carbons (Fsp3) is 0.882. The highest BCUT2D eigenvalue weighted by molar-refractivity contribution is 5.83. The number of carbonyl (C=O) groups excluding carboxylic acids is 2. The maximum atomic E-state index is 12.7. The van der Waals surface area contributed by atoms with Crippen LogP contribution in [-0.4, -0.2) is 59.2 Å². The molecule has 2 aliphatic heterocycles. The number of hydrogen-bond donors (Lipinski definition) is 0. The Morgan fingerprint density at radius 1 is 1.21 bits per heavy atom. The molecule has 2 bridgehead atoms. The third-order valence-electron chi connectivity index (χ3n) is 4.67. The molecule has 0 N–H and O–H groups in total. The predicted molar refractivity (Wildman–Crippen MR) is 84.2 cm³/mol. The van der Waals surface area contributed by atoms with Crippen LogP contribution in [0.25, 0.3) is 0 Å². The van der Waals surface area contributed by atoms with Crippen molar-refractivity contribution in [2.24, 2.45) is 5.92 Å². The summed E-state index contributed by atoms with van der Waals surface area (Å²) < 4.78 is 22.7. The fourth-order valence-corrected chi connectivity index (χ4v) is 4.07. The smallest absolute Gasteiger partial charge is 0.411 e. The summed E-state index contributed by atoms with van der Waals surface area (Å²) in [6.07, 6.45) is -0.269. The van der Waals surface area contributed by atoms with E-state index in [4.69, 9.17) is 18.9 Å². The Morgan fingerprint density at radius 3 is 2.42 bits per heavy atom. The van der Waals surface area contributed by atoms with Crippen molar-refractivity contribution in [3.05, 3.63) is 0 Å². The molecule has 7 heteroatoms. The molecule has 1 amide bonds. The van der Waals surface area contributed by atoms with Crippen LogP contribution in [0.15, 0.2) is 0 Å². The van der Waals surface area contributed by atoms with Crippen molar-refractivity contribution in [2.75, 3.05) is 6.61 Å². The van der Waals surface area contributed by atoms with Crippen molar-refractivity contribution in [1.29, 1.82) is 0 Å². The van der Waals surface area contributed by atoms with Crippen LogP contribution in [0, 0.1) is 5.92 Å². The van der Waals surface area contributed by atoms with E-state index in [0.717, 1.165) is 0 Å². The van der Waals surface area contributed by atoms with Crippen molar-refractivity contribution in [3.63, 3.8) is 0 Å². The molecule has 24 heavy (non-hydrogen) atoms. The van der Waals surface area contributed by atoms with Gasteiger partial charge < -0.3 is 18.9 Å². The van der Waals surface area contributed by atoms with E-state index >= 15 is 0 Å². The molecule has 0 aromatic carbocycles. The molecular weight excluding hydrogens is 314 g/mol. The van der Waals surface area contributed by atoms with Crippen LogP contribution < -0.4 is 0 Å². The van der Waals surface area contributed by atoms with Crippen molar-refractivity contribution >= 4 is 12.1 Å². The number of fused-ring (bicyclic) bond motifs is 5. The molecule has 0 radical (unpaired) electrons. The molecule has 0 aromatic heterocycles. The second kappa shape index (κ2) is 5.59. The number of likely N-dealkylation sites (tertiary alicyclic amines) is 1. The first-order valence-electron chi connectivity index (χ1n) is 8.57.